The minimum Gasteiger partial charge on any atom is -0.302 e. The van der Waals surface area contributed by atoms with Crippen molar-refractivity contribution in [1.82, 2.24) is 0 Å². The zero-order valence-corrected chi connectivity index (χ0v) is 26.4. The lowest BCUT2D eigenvalue weighted by Crippen LogP contribution is -2.15. The Bertz CT molecular complexity index is 2430. The molecule has 2 aliphatic rings. The molecule has 0 unspecified atom stereocenters. The summed E-state index contributed by atoms with van der Waals surface area (Å²) in [6, 6.07) is 46.7. The fourth-order valence-electron chi connectivity index (χ4n) is 7.89. The summed E-state index contributed by atoms with van der Waals surface area (Å²) in [7, 11) is 0. The monoisotopic (exact) mass is 605 g/mol. The molecule has 47 heavy (non-hydrogen) atoms. The van der Waals surface area contributed by atoms with Crippen LogP contribution in [0, 0.1) is 17.9 Å². The summed E-state index contributed by atoms with van der Waals surface area (Å²) in [5.41, 5.74) is 10.2. The highest BCUT2D eigenvalue weighted by molar-refractivity contribution is 6.26. The van der Waals surface area contributed by atoms with Crippen LogP contribution in [0.3, 0.4) is 0 Å². The molecule has 224 valence electrons. The van der Waals surface area contributed by atoms with E-state index >= 15 is 0 Å². The van der Waals surface area contributed by atoms with Gasteiger partial charge in [-0.1, -0.05) is 111 Å². The lowest BCUT2D eigenvalue weighted by Gasteiger charge is -2.30. The van der Waals surface area contributed by atoms with Crippen molar-refractivity contribution in [3.05, 3.63) is 168 Å². The van der Waals surface area contributed by atoms with E-state index in [0.29, 0.717) is 0 Å². The summed E-state index contributed by atoms with van der Waals surface area (Å²) in [6.07, 6.45) is 8.56. The van der Waals surface area contributed by atoms with Gasteiger partial charge in [0, 0.05) is 16.4 Å². The molecule has 0 heterocycles. The van der Waals surface area contributed by atoms with E-state index in [4.69, 9.17) is 0 Å². The summed E-state index contributed by atoms with van der Waals surface area (Å²) in [5, 5.41) is 7.50. The van der Waals surface area contributed by atoms with Crippen LogP contribution in [0.4, 0.5) is 21.5 Å². The second-order valence-electron chi connectivity index (χ2n) is 13.2. The van der Waals surface area contributed by atoms with E-state index in [9.17, 15) is 4.39 Å². The van der Waals surface area contributed by atoms with Gasteiger partial charge in [0.2, 0.25) is 0 Å². The van der Waals surface area contributed by atoms with Crippen molar-refractivity contribution in [1.29, 1.82) is 0 Å². The van der Waals surface area contributed by atoms with Crippen LogP contribution < -0.4 is 4.90 Å². The Hall–Kier alpha value is -5.65. The first-order chi connectivity index (χ1) is 23.0. The summed E-state index contributed by atoms with van der Waals surface area (Å²) in [4.78, 5) is 2.28. The third-order valence-corrected chi connectivity index (χ3v) is 10.2. The molecule has 0 N–H and O–H groups in total. The Balaban J connectivity index is 1.41. The van der Waals surface area contributed by atoms with Crippen molar-refractivity contribution in [2.24, 2.45) is 0 Å². The number of anilines is 3. The summed E-state index contributed by atoms with van der Waals surface area (Å²) in [5.74, 6) is -0.422. The van der Waals surface area contributed by atoms with E-state index in [1.165, 1.54) is 60.6 Å². The highest BCUT2D eigenvalue weighted by Crippen LogP contribution is 2.54. The third-order valence-electron chi connectivity index (χ3n) is 10.2. The number of hydrogen-bond acceptors (Lipinski definition) is 1. The predicted molar refractivity (Wildman–Crippen MR) is 195 cm³/mol. The summed E-state index contributed by atoms with van der Waals surface area (Å²) < 4.78 is 14.4. The normalized spacial score (nSPS) is 14.6. The largest absolute Gasteiger partial charge is 0.302 e. The number of hydrogen-bond donors (Lipinski definition) is 0. The predicted octanol–water partition coefficient (Wildman–Crippen LogP) is 12.4. The van der Waals surface area contributed by atoms with Gasteiger partial charge >= 0.3 is 0 Å². The molecule has 9 rings (SSSR count). The van der Waals surface area contributed by atoms with Crippen LogP contribution in [-0.2, 0) is 5.41 Å². The maximum Gasteiger partial charge on any atom is 0.173 e. The van der Waals surface area contributed by atoms with Crippen molar-refractivity contribution in [2.45, 2.75) is 32.1 Å². The van der Waals surface area contributed by atoms with Crippen LogP contribution in [0.1, 0.15) is 43.4 Å². The van der Waals surface area contributed by atoms with Gasteiger partial charge in [0.15, 0.2) is 5.82 Å². The molecule has 0 saturated heterocycles. The highest BCUT2D eigenvalue weighted by atomic mass is 19.1. The molecule has 2 aliphatic carbocycles. The molecule has 0 aliphatic heterocycles. The van der Waals surface area contributed by atoms with Gasteiger partial charge in [0.25, 0.3) is 0 Å². The van der Waals surface area contributed by atoms with E-state index in [1.807, 2.05) is 6.07 Å². The minimum absolute atomic E-state index is 0.148. The fraction of sp³-hybridized carbons (Fsp3) is 0.111. The van der Waals surface area contributed by atoms with Gasteiger partial charge in [-0.05, 0) is 116 Å². The second kappa shape index (κ2) is 10.4. The maximum atomic E-state index is 14.4. The van der Waals surface area contributed by atoms with E-state index in [2.05, 4.69) is 152 Å². The smallest absolute Gasteiger partial charge is 0.173 e. The second-order valence-corrected chi connectivity index (χ2v) is 13.2. The average molecular weight is 606 g/mol. The van der Waals surface area contributed by atoms with Crippen molar-refractivity contribution < 1.29 is 4.39 Å². The molecular formula is C45H32FN. The van der Waals surface area contributed by atoms with Gasteiger partial charge < -0.3 is 4.90 Å². The maximum absolute atomic E-state index is 14.4. The van der Waals surface area contributed by atoms with Gasteiger partial charge in [-0.15, -0.1) is 0 Å². The van der Waals surface area contributed by atoms with Crippen molar-refractivity contribution in [3.8, 4) is 11.1 Å². The Labute approximate surface area is 274 Å². The first-order valence-electron chi connectivity index (χ1n) is 16.4. The standard InChI is InChI=1S/C45H32FN/c1-45(2)39-19-11-18-36-42(28-38-35-17-10-9-16-32(35)27-40(45)44(38)43(36)39)47(34-23-21-33(46)22-24-34)41-25-20-31(29-12-5-3-6-13-29)26-37(41)30-14-7-4-8-15-30/h3-7,9-14,16-21,23,25-28H,8,15H2,1-2H3. The molecule has 0 atom stereocenters. The zero-order chi connectivity index (χ0) is 31.7. The van der Waals surface area contributed by atoms with E-state index < -0.39 is 5.82 Å². The number of fused-ring (bicyclic) bond motifs is 2. The van der Waals surface area contributed by atoms with Gasteiger partial charge in [-0.25, -0.2) is 0 Å². The molecule has 2 heteroatoms. The van der Waals surface area contributed by atoms with Gasteiger partial charge in [0.1, 0.15) is 0 Å². The molecule has 0 spiro atoms. The summed E-state index contributed by atoms with van der Waals surface area (Å²) >= 11 is 0. The molecule has 0 radical (unpaired) electrons. The first-order valence-corrected chi connectivity index (χ1v) is 16.4. The Morgan fingerprint density at radius 1 is 0.660 bits per heavy atom. The van der Waals surface area contributed by atoms with E-state index in [0.717, 1.165) is 41.0 Å². The SMILES string of the molecule is CC1(C)c2cccc3c(N(c4c#cc(F)cc4)c4ccc(-c5ccccc5)cc4C4=CC=CCC4)cc4c5ccccc5cc1c4c23. The summed E-state index contributed by atoms with van der Waals surface area (Å²) in [6.45, 7) is 4.68. The molecule has 0 saturated carbocycles. The fourth-order valence-corrected chi connectivity index (χ4v) is 7.89. The van der Waals surface area contributed by atoms with Crippen LogP contribution >= 0.6 is 0 Å². The van der Waals surface area contributed by atoms with E-state index in [-0.39, 0.29) is 5.41 Å². The lowest BCUT2D eigenvalue weighted by molar-refractivity contribution is 0.628. The van der Waals surface area contributed by atoms with Gasteiger partial charge in [-0.3, -0.25) is 0 Å². The number of rotatable bonds is 5. The Kier molecular flexibility index (Phi) is 6.14. The lowest BCUT2D eigenvalue weighted by atomic mass is 9.81. The molecule has 1 nitrogen and oxygen atoms in total. The molecule has 7 aromatic rings. The Morgan fingerprint density at radius 3 is 2.28 bits per heavy atom. The quantitative estimate of drug-likeness (QED) is 0.176. The van der Waals surface area contributed by atoms with Crippen LogP contribution in [-0.4, -0.2) is 0 Å². The average Bonchev–Trinajstić information content (AvgIpc) is 3.35. The van der Waals surface area contributed by atoms with E-state index in [1.54, 1.807) is 0 Å². The zero-order valence-electron chi connectivity index (χ0n) is 26.4. The Morgan fingerprint density at radius 2 is 1.47 bits per heavy atom. The molecule has 0 aromatic heterocycles. The molecule has 7 aromatic carbocycles. The number of halogens is 1. The third kappa shape index (κ3) is 4.24. The number of benzene rings is 6. The highest BCUT2D eigenvalue weighted by Gasteiger charge is 2.36. The van der Waals surface area contributed by atoms with Crippen LogP contribution in [0.2, 0.25) is 0 Å². The minimum atomic E-state index is -0.422. The molecule has 0 fully saturated rings. The van der Waals surface area contributed by atoms with Crippen LogP contribution in [0.15, 0.2) is 133 Å². The molecule has 0 amide bonds. The number of allylic oxidation sites excluding steroid dienone is 4. The number of nitrogens with zero attached hydrogens (tertiary/aromatic N) is 1. The molecular weight excluding hydrogens is 574 g/mol. The van der Waals surface area contributed by atoms with Crippen molar-refractivity contribution in [3.63, 3.8) is 0 Å². The first kappa shape index (κ1) is 27.6. The van der Waals surface area contributed by atoms with Gasteiger partial charge in [0.05, 0.1) is 17.1 Å². The van der Waals surface area contributed by atoms with Crippen LogP contribution in [0.25, 0.3) is 49.0 Å². The topological polar surface area (TPSA) is 3.24 Å². The van der Waals surface area contributed by atoms with Crippen LogP contribution in [0.5, 0.6) is 0 Å². The molecule has 0 bridgehead atoms. The van der Waals surface area contributed by atoms with Crippen molar-refractivity contribution in [2.75, 3.05) is 4.90 Å². The van der Waals surface area contributed by atoms with Crippen molar-refractivity contribution >= 4 is 55.0 Å². The van der Waals surface area contributed by atoms with Gasteiger partial charge in [-0.2, -0.15) is 4.39 Å².